The average molecular weight is 274 g/mol. The molecule has 18 heavy (non-hydrogen) atoms. The Balaban J connectivity index is 2.40. The molecule has 0 saturated heterocycles. The highest BCUT2D eigenvalue weighted by atomic mass is 35.5. The van der Waals surface area contributed by atoms with E-state index >= 15 is 0 Å². The van der Waals surface area contributed by atoms with Gasteiger partial charge in [0.05, 0.1) is 11.3 Å². The normalized spacial score (nSPS) is 11.6. The van der Waals surface area contributed by atoms with Crippen molar-refractivity contribution in [3.8, 4) is 11.3 Å². The van der Waals surface area contributed by atoms with Gasteiger partial charge in [0.25, 0.3) is 0 Å². The van der Waals surface area contributed by atoms with Crippen molar-refractivity contribution in [2.75, 3.05) is 5.73 Å². The lowest BCUT2D eigenvalue weighted by Crippen LogP contribution is -2.04. The van der Waals surface area contributed by atoms with Crippen LogP contribution in [0.15, 0.2) is 30.3 Å². The van der Waals surface area contributed by atoms with E-state index in [2.05, 4.69) is 9.97 Å². The summed E-state index contributed by atoms with van der Waals surface area (Å²) in [7, 11) is 0. The van der Waals surface area contributed by atoms with Gasteiger partial charge in [-0.15, -0.1) is 0 Å². The largest absolute Gasteiger partial charge is 0.416 e. The van der Waals surface area contributed by atoms with Crippen LogP contribution in [-0.2, 0) is 6.18 Å². The molecule has 0 aliphatic carbocycles. The molecule has 2 rings (SSSR count). The molecule has 1 aromatic heterocycles. The van der Waals surface area contributed by atoms with Crippen molar-refractivity contribution in [2.24, 2.45) is 0 Å². The molecule has 94 valence electrons. The zero-order valence-electron chi connectivity index (χ0n) is 8.87. The summed E-state index contributed by atoms with van der Waals surface area (Å²) in [5.41, 5.74) is 5.62. The maximum absolute atomic E-state index is 12.4. The second-order valence-electron chi connectivity index (χ2n) is 3.52. The summed E-state index contributed by atoms with van der Waals surface area (Å²) in [5.74, 6) is 0.157. The van der Waals surface area contributed by atoms with Crippen molar-refractivity contribution in [1.82, 2.24) is 9.97 Å². The van der Waals surface area contributed by atoms with Gasteiger partial charge in [-0.2, -0.15) is 13.2 Å². The molecule has 2 N–H and O–H groups in total. The van der Waals surface area contributed by atoms with Crippen molar-refractivity contribution >= 4 is 17.4 Å². The SMILES string of the molecule is Nc1cc(-c2ccc(C(F)(F)F)cc2)nc(Cl)n1. The van der Waals surface area contributed by atoms with E-state index < -0.39 is 11.7 Å². The summed E-state index contributed by atoms with van der Waals surface area (Å²) in [6.07, 6.45) is -4.36. The van der Waals surface area contributed by atoms with E-state index in [1.165, 1.54) is 18.2 Å². The Bertz CT molecular complexity index is 546. The lowest BCUT2D eigenvalue weighted by molar-refractivity contribution is -0.137. The fourth-order valence-corrected chi connectivity index (χ4v) is 1.60. The van der Waals surface area contributed by atoms with Crippen LogP contribution in [0.5, 0.6) is 0 Å². The Labute approximate surface area is 105 Å². The molecule has 0 aliphatic rings. The maximum atomic E-state index is 12.4. The number of nitrogen functional groups attached to an aromatic ring is 1. The van der Waals surface area contributed by atoms with Crippen LogP contribution >= 0.6 is 11.6 Å². The number of rotatable bonds is 1. The predicted molar refractivity (Wildman–Crippen MR) is 61.9 cm³/mol. The molecule has 7 heteroatoms. The highest BCUT2D eigenvalue weighted by Crippen LogP contribution is 2.30. The third kappa shape index (κ3) is 2.70. The van der Waals surface area contributed by atoms with E-state index in [0.717, 1.165) is 12.1 Å². The first kappa shape index (κ1) is 12.6. The summed E-state index contributed by atoms with van der Waals surface area (Å²) >= 11 is 5.62. The third-order valence-corrected chi connectivity index (χ3v) is 2.40. The maximum Gasteiger partial charge on any atom is 0.416 e. The first-order chi connectivity index (χ1) is 8.36. The molecule has 1 heterocycles. The summed E-state index contributed by atoms with van der Waals surface area (Å²) in [5, 5.41) is -0.0510. The number of benzene rings is 1. The molecule has 0 unspecified atom stereocenters. The monoisotopic (exact) mass is 273 g/mol. The summed E-state index contributed by atoms with van der Waals surface area (Å²) < 4.78 is 37.2. The van der Waals surface area contributed by atoms with Crippen LogP contribution in [0.4, 0.5) is 19.0 Å². The number of hydrogen-bond acceptors (Lipinski definition) is 3. The van der Waals surface area contributed by atoms with Crippen molar-refractivity contribution in [2.45, 2.75) is 6.18 Å². The number of aromatic nitrogens is 2. The van der Waals surface area contributed by atoms with E-state index in [9.17, 15) is 13.2 Å². The molecule has 3 nitrogen and oxygen atoms in total. The van der Waals surface area contributed by atoms with Gasteiger partial charge >= 0.3 is 6.18 Å². The van der Waals surface area contributed by atoms with Crippen molar-refractivity contribution in [3.05, 3.63) is 41.2 Å². The molecule has 0 spiro atoms. The molecular weight excluding hydrogens is 267 g/mol. The smallest absolute Gasteiger partial charge is 0.384 e. The number of nitrogens with two attached hydrogens (primary N) is 1. The molecule has 0 fully saturated rings. The van der Waals surface area contributed by atoms with Gasteiger partial charge in [-0.25, -0.2) is 9.97 Å². The number of hydrogen-bond donors (Lipinski definition) is 1. The summed E-state index contributed by atoms with van der Waals surface area (Å²) in [4.78, 5) is 7.56. The lowest BCUT2D eigenvalue weighted by Gasteiger charge is -2.07. The second-order valence-corrected chi connectivity index (χ2v) is 3.86. The van der Waals surface area contributed by atoms with E-state index in [1.807, 2.05) is 0 Å². The van der Waals surface area contributed by atoms with E-state index in [-0.39, 0.29) is 11.1 Å². The van der Waals surface area contributed by atoms with Crippen molar-refractivity contribution < 1.29 is 13.2 Å². The fourth-order valence-electron chi connectivity index (χ4n) is 1.41. The minimum atomic E-state index is -4.36. The number of anilines is 1. The molecule has 1 aromatic carbocycles. The highest BCUT2D eigenvalue weighted by Gasteiger charge is 2.30. The Hall–Kier alpha value is -1.82. The summed E-state index contributed by atoms with van der Waals surface area (Å²) in [6.45, 7) is 0. The van der Waals surface area contributed by atoms with Gasteiger partial charge in [0.15, 0.2) is 0 Å². The van der Waals surface area contributed by atoms with Crippen molar-refractivity contribution in [3.63, 3.8) is 0 Å². The van der Waals surface area contributed by atoms with Gasteiger partial charge in [0.2, 0.25) is 5.28 Å². The standard InChI is InChI=1S/C11H7ClF3N3/c12-10-17-8(5-9(16)18-10)6-1-3-7(4-2-6)11(13,14)15/h1-5H,(H2,16,17,18). The molecule has 0 bridgehead atoms. The van der Waals surface area contributed by atoms with E-state index in [4.69, 9.17) is 17.3 Å². The molecule has 0 saturated carbocycles. The Kier molecular flexibility index (Phi) is 3.13. The van der Waals surface area contributed by atoms with Gasteiger partial charge in [-0.1, -0.05) is 12.1 Å². The number of halogens is 4. The predicted octanol–water partition coefficient (Wildman–Crippen LogP) is 3.40. The molecule has 0 atom stereocenters. The van der Waals surface area contributed by atoms with Crippen LogP contribution in [0, 0.1) is 0 Å². The lowest BCUT2D eigenvalue weighted by atomic mass is 10.1. The van der Waals surface area contributed by atoms with E-state index in [0.29, 0.717) is 11.3 Å². The Morgan fingerprint density at radius 3 is 2.17 bits per heavy atom. The zero-order valence-corrected chi connectivity index (χ0v) is 9.63. The van der Waals surface area contributed by atoms with Gasteiger partial charge < -0.3 is 5.73 Å². The molecular formula is C11H7ClF3N3. The zero-order chi connectivity index (χ0) is 13.3. The van der Waals surface area contributed by atoms with Gasteiger partial charge in [0, 0.05) is 11.6 Å². The van der Waals surface area contributed by atoms with Crippen LogP contribution in [0.1, 0.15) is 5.56 Å². The van der Waals surface area contributed by atoms with Crippen LogP contribution in [0.2, 0.25) is 5.28 Å². The Morgan fingerprint density at radius 2 is 1.67 bits per heavy atom. The first-order valence-corrected chi connectivity index (χ1v) is 5.22. The number of nitrogens with zero attached hydrogens (tertiary/aromatic N) is 2. The van der Waals surface area contributed by atoms with Crippen LogP contribution in [0.3, 0.4) is 0 Å². The molecule has 0 radical (unpaired) electrons. The van der Waals surface area contributed by atoms with Gasteiger partial charge in [0.1, 0.15) is 5.82 Å². The quantitative estimate of drug-likeness (QED) is 0.810. The first-order valence-electron chi connectivity index (χ1n) is 4.84. The molecule has 0 amide bonds. The summed E-state index contributed by atoms with van der Waals surface area (Å²) in [6, 6.07) is 6.00. The van der Waals surface area contributed by atoms with Crippen molar-refractivity contribution in [1.29, 1.82) is 0 Å². The van der Waals surface area contributed by atoms with Crippen LogP contribution < -0.4 is 5.73 Å². The van der Waals surface area contributed by atoms with Crippen LogP contribution in [0.25, 0.3) is 11.3 Å². The highest BCUT2D eigenvalue weighted by molar-refractivity contribution is 6.28. The Morgan fingerprint density at radius 1 is 1.06 bits per heavy atom. The third-order valence-electron chi connectivity index (χ3n) is 2.23. The fraction of sp³-hybridized carbons (Fsp3) is 0.0909. The number of alkyl halides is 3. The molecule has 2 aromatic rings. The van der Waals surface area contributed by atoms with Crippen LogP contribution in [-0.4, -0.2) is 9.97 Å². The van der Waals surface area contributed by atoms with E-state index in [1.54, 1.807) is 0 Å². The second kappa shape index (κ2) is 4.45. The topological polar surface area (TPSA) is 51.8 Å². The van der Waals surface area contributed by atoms with Gasteiger partial charge in [-0.05, 0) is 23.7 Å². The average Bonchev–Trinajstić information content (AvgIpc) is 2.27. The van der Waals surface area contributed by atoms with Gasteiger partial charge in [-0.3, -0.25) is 0 Å². The minimum absolute atomic E-state index is 0.0510. The molecule has 0 aliphatic heterocycles. The minimum Gasteiger partial charge on any atom is -0.384 e.